The Bertz CT molecular complexity index is 740. The van der Waals surface area contributed by atoms with Crippen molar-refractivity contribution in [2.24, 2.45) is 0 Å². The number of nitrogen functional groups attached to an aromatic ring is 1. The van der Waals surface area contributed by atoms with Crippen LogP contribution < -0.4 is 10.5 Å². The van der Waals surface area contributed by atoms with E-state index in [1.165, 1.54) is 0 Å². The number of aromatic nitrogens is 2. The highest BCUT2D eigenvalue weighted by atomic mass is 32.2. The predicted molar refractivity (Wildman–Crippen MR) is 74.3 cm³/mol. The van der Waals surface area contributed by atoms with Crippen molar-refractivity contribution in [3.63, 3.8) is 0 Å². The number of sulfonamides is 1. The summed E-state index contributed by atoms with van der Waals surface area (Å²) in [4.78, 5) is -0.498. The number of aromatic amines is 1. The topological polar surface area (TPSA) is 101 Å². The molecule has 108 valence electrons. The molecule has 0 atom stereocenters. The van der Waals surface area contributed by atoms with Crippen LogP contribution in [0.5, 0.6) is 0 Å². The van der Waals surface area contributed by atoms with E-state index in [4.69, 9.17) is 5.73 Å². The van der Waals surface area contributed by atoms with Crippen molar-refractivity contribution in [2.75, 3.05) is 10.5 Å². The average Bonchev–Trinajstić information content (AvgIpc) is 2.80. The second-order valence-corrected chi connectivity index (χ2v) is 6.03. The zero-order valence-corrected chi connectivity index (χ0v) is 11.9. The van der Waals surface area contributed by atoms with E-state index >= 15 is 0 Å². The normalized spacial score (nSPS) is 11.6. The third kappa shape index (κ3) is 2.74. The molecular formula is C12H15FN4O2S. The van der Waals surface area contributed by atoms with Crippen LogP contribution in [-0.4, -0.2) is 18.6 Å². The van der Waals surface area contributed by atoms with Crippen LogP contribution in [0.25, 0.3) is 0 Å². The number of hydrogen-bond donors (Lipinski definition) is 3. The van der Waals surface area contributed by atoms with Gasteiger partial charge in [-0.05, 0) is 31.0 Å². The van der Waals surface area contributed by atoms with Crippen molar-refractivity contribution in [2.45, 2.75) is 25.2 Å². The highest BCUT2D eigenvalue weighted by Gasteiger charge is 2.21. The summed E-state index contributed by atoms with van der Waals surface area (Å²) in [6.07, 6.45) is 0.681. The number of halogens is 1. The van der Waals surface area contributed by atoms with E-state index in [1.54, 1.807) is 13.0 Å². The Kier molecular flexibility index (Phi) is 3.67. The molecule has 0 fully saturated rings. The minimum Gasteiger partial charge on any atom is -0.398 e. The first-order valence-corrected chi connectivity index (χ1v) is 7.44. The molecule has 0 aliphatic rings. The quantitative estimate of drug-likeness (QED) is 0.749. The molecule has 0 unspecified atom stereocenters. The maximum atomic E-state index is 13.8. The lowest BCUT2D eigenvalue weighted by Gasteiger charge is -2.09. The van der Waals surface area contributed by atoms with Gasteiger partial charge in [0, 0.05) is 17.4 Å². The van der Waals surface area contributed by atoms with Crippen LogP contribution in [0.4, 0.5) is 15.9 Å². The molecule has 1 aromatic carbocycles. The molecule has 0 bridgehead atoms. The van der Waals surface area contributed by atoms with Gasteiger partial charge < -0.3 is 5.73 Å². The van der Waals surface area contributed by atoms with Crippen molar-refractivity contribution in [3.05, 3.63) is 35.3 Å². The Morgan fingerprint density at radius 2 is 2.10 bits per heavy atom. The van der Waals surface area contributed by atoms with Crippen LogP contribution in [0.1, 0.15) is 18.2 Å². The highest BCUT2D eigenvalue weighted by Crippen LogP contribution is 2.23. The average molecular weight is 298 g/mol. The lowest BCUT2D eigenvalue weighted by Crippen LogP contribution is -2.15. The fourth-order valence-corrected chi connectivity index (χ4v) is 2.75. The number of aryl methyl sites for hydroxylation is 2. The largest absolute Gasteiger partial charge is 0.398 e. The van der Waals surface area contributed by atoms with Crippen molar-refractivity contribution in [1.82, 2.24) is 10.2 Å². The van der Waals surface area contributed by atoms with Gasteiger partial charge in [0.1, 0.15) is 10.7 Å². The standard InChI is InChI=1S/C12H15FN4O2S/c1-3-8-5-12(16-15-8)17-20(18,19)11-6-10(14)7(2)4-9(11)13/h4-6H,3,14H2,1-2H3,(H2,15,16,17). The SMILES string of the molecule is CCc1cc(NS(=O)(=O)c2cc(N)c(C)cc2F)n[nH]1. The minimum atomic E-state index is -4.07. The van der Waals surface area contributed by atoms with Gasteiger partial charge in [0.25, 0.3) is 10.0 Å². The van der Waals surface area contributed by atoms with Crippen LogP contribution in [0, 0.1) is 12.7 Å². The third-order valence-corrected chi connectivity index (χ3v) is 4.23. The second-order valence-electron chi connectivity index (χ2n) is 4.38. The van der Waals surface area contributed by atoms with Gasteiger partial charge in [-0.2, -0.15) is 5.10 Å². The van der Waals surface area contributed by atoms with Gasteiger partial charge in [-0.3, -0.25) is 9.82 Å². The first-order valence-electron chi connectivity index (χ1n) is 5.96. The van der Waals surface area contributed by atoms with Gasteiger partial charge in [0.05, 0.1) is 0 Å². The number of rotatable bonds is 4. The molecule has 0 aliphatic heterocycles. The van der Waals surface area contributed by atoms with E-state index in [2.05, 4.69) is 14.9 Å². The Hall–Kier alpha value is -2.09. The molecule has 20 heavy (non-hydrogen) atoms. The molecule has 2 rings (SSSR count). The third-order valence-electron chi connectivity index (χ3n) is 2.86. The number of hydrogen-bond acceptors (Lipinski definition) is 4. The molecule has 0 saturated carbocycles. The van der Waals surface area contributed by atoms with Crippen molar-refractivity contribution in [1.29, 1.82) is 0 Å². The summed E-state index contributed by atoms with van der Waals surface area (Å²) in [5, 5.41) is 6.47. The summed E-state index contributed by atoms with van der Waals surface area (Å²) >= 11 is 0. The molecule has 0 saturated heterocycles. The summed E-state index contributed by atoms with van der Waals surface area (Å²) in [5.41, 5.74) is 7.09. The van der Waals surface area contributed by atoms with Crippen molar-refractivity contribution >= 4 is 21.5 Å². The Morgan fingerprint density at radius 3 is 2.70 bits per heavy atom. The van der Waals surface area contributed by atoms with Gasteiger partial charge in [0.2, 0.25) is 0 Å². The smallest absolute Gasteiger partial charge is 0.266 e. The van der Waals surface area contributed by atoms with Gasteiger partial charge in [-0.25, -0.2) is 12.8 Å². The lowest BCUT2D eigenvalue weighted by molar-refractivity contribution is 0.570. The predicted octanol–water partition coefficient (Wildman–Crippen LogP) is 1.80. The molecule has 0 spiro atoms. The molecule has 4 N–H and O–H groups in total. The highest BCUT2D eigenvalue weighted by molar-refractivity contribution is 7.92. The number of benzene rings is 1. The van der Waals surface area contributed by atoms with E-state index in [0.717, 1.165) is 17.8 Å². The Labute approximate surface area is 116 Å². The van der Waals surface area contributed by atoms with Gasteiger partial charge in [0.15, 0.2) is 5.82 Å². The number of H-pyrrole nitrogens is 1. The lowest BCUT2D eigenvalue weighted by atomic mass is 10.2. The molecule has 2 aromatic rings. The first kappa shape index (κ1) is 14.3. The summed E-state index contributed by atoms with van der Waals surface area (Å²) in [6, 6.07) is 3.74. The van der Waals surface area contributed by atoms with Crippen LogP contribution in [0.15, 0.2) is 23.1 Å². The fraction of sp³-hybridized carbons (Fsp3) is 0.250. The minimum absolute atomic E-state index is 0.111. The number of nitrogens with one attached hydrogen (secondary N) is 2. The zero-order chi connectivity index (χ0) is 14.9. The molecule has 8 heteroatoms. The maximum absolute atomic E-state index is 13.8. The second kappa shape index (κ2) is 5.12. The number of anilines is 2. The molecule has 1 heterocycles. The van der Waals surface area contributed by atoms with Crippen LogP contribution >= 0.6 is 0 Å². The summed E-state index contributed by atoms with van der Waals surface area (Å²) < 4.78 is 40.3. The van der Waals surface area contributed by atoms with Crippen LogP contribution in [0.3, 0.4) is 0 Å². The summed E-state index contributed by atoms with van der Waals surface area (Å²) in [7, 11) is -4.07. The molecule has 0 radical (unpaired) electrons. The van der Waals surface area contributed by atoms with E-state index in [-0.39, 0.29) is 11.5 Å². The molecule has 6 nitrogen and oxygen atoms in total. The number of nitrogens with zero attached hydrogens (tertiary/aromatic N) is 1. The van der Waals surface area contributed by atoms with Gasteiger partial charge in [-0.15, -0.1) is 0 Å². The van der Waals surface area contributed by atoms with E-state index < -0.39 is 20.7 Å². The Balaban J connectivity index is 2.37. The van der Waals surface area contributed by atoms with Crippen LogP contribution in [0.2, 0.25) is 0 Å². The monoisotopic (exact) mass is 298 g/mol. The molecule has 1 aromatic heterocycles. The fourth-order valence-electron chi connectivity index (χ4n) is 1.66. The van der Waals surface area contributed by atoms with Crippen molar-refractivity contribution < 1.29 is 12.8 Å². The van der Waals surface area contributed by atoms with E-state index in [0.29, 0.717) is 12.0 Å². The van der Waals surface area contributed by atoms with Gasteiger partial charge >= 0.3 is 0 Å². The number of nitrogens with two attached hydrogens (primary N) is 1. The zero-order valence-electron chi connectivity index (χ0n) is 11.1. The summed E-state index contributed by atoms with van der Waals surface area (Å²) in [6.45, 7) is 3.50. The molecule has 0 amide bonds. The van der Waals surface area contributed by atoms with E-state index in [1.807, 2.05) is 6.92 Å². The maximum Gasteiger partial charge on any atom is 0.266 e. The van der Waals surface area contributed by atoms with Gasteiger partial charge in [-0.1, -0.05) is 6.92 Å². The summed E-state index contributed by atoms with van der Waals surface area (Å²) in [5.74, 6) is -0.740. The molecular weight excluding hydrogens is 283 g/mol. The molecule has 0 aliphatic carbocycles. The van der Waals surface area contributed by atoms with E-state index in [9.17, 15) is 12.8 Å². The van der Waals surface area contributed by atoms with Crippen LogP contribution in [-0.2, 0) is 16.4 Å². The Morgan fingerprint density at radius 1 is 1.40 bits per heavy atom. The van der Waals surface area contributed by atoms with Crippen molar-refractivity contribution in [3.8, 4) is 0 Å². The first-order chi connectivity index (χ1) is 9.33.